The molecule has 1 aromatic carbocycles. The van der Waals surface area contributed by atoms with Gasteiger partial charge in [-0.25, -0.2) is 0 Å². The van der Waals surface area contributed by atoms with Crippen molar-refractivity contribution in [3.8, 4) is 0 Å². The number of carbonyl (C=O) groups is 2. The van der Waals surface area contributed by atoms with Gasteiger partial charge in [-0.1, -0.05) is 20.8 Å². The maximum absolute atomic E-state index is 12.1. The van der Waals surface area contributed by atoms with Crippen molar-refractivity contribution in [2.24, 2.45) is 5.41 Å². The number of likely N-dealkylation sites (tertiary alicyclic amines) is 1. The quantitative estimate of drug-likeness (QED) is 0.824. The van der Waals surface area contributed by atoms with E-state index >= 15 is 0 Å². The summed E-state index contributed by atoms with van der Waals surface area (Å²) in [5, 5.41) is 5.89. The molecule has 25 heavy (non-hydrogen) atoms. The zero-order valence-corrected chi connectivity index (χ0v) is 15.9. The van der Waals surface area contributed by atoms with Crippen LogP contribution in [0.2, 0.25) is 0 Å². The molecule has 2 N–H and O–H groups in total. The van der Waals surface area contributed by atoms with E-state index in [-0.39, 0.29) is 11.8 Å². The molecule has 1 aliphatic heterocycles. The number of aryl methyl sites for hydroxylation is 1. The third-order valence-electron chi connectivity index (χ3n) is 4.52. The SMILES string of the molecule is Cc1cc(NC(=O)CCCN2CCCC2)ccc1NC(=O)C(C)(C)C. The molecule has 0 radical (unpaired) electrons. The molecule has 1 aliphatic rings. The third-order valence-corrected chi connectivity index (χ3v) is 4.52. The van der Waals surface area contributed by atoms with E-state index in [1.807, 2.05) is 45.9 Å². The average molecular weight is 345 g/mol. The maximum Gasteiger partial charge on any atom is 0.229 e. The summed E-state index contributed by atoms with van der Waals surface area (Å²) >= 11 is 0. The van der Waals surface area contributed by atoms with Crippen LogP contribution in [0.3, 0.4) is 0 Å². The largest absolute Gasteiger partial charge is 0.326 e. The van der Waals surface area contributed by atoms with Crippen LogP contribution in [-0.2, 0) is 9.59 Å². The summed E-state index contributed by atoms with van der Waals surface area (Å²) in [5.74, 6) is 0.0272. The molecule has 0 unspecified atom stereocenters. The van der Waals surface area contributed by atoms with Gasteiger partial charge in [-0.15, -0.1) is 0 Å². The molecule has 1 saturated heterocycles. The van der Waals surface area contributed by atoms with Crippen LogP contribution in [0, 0.1) is 12.3 Å². The normalized spacial score (nSPS) is 15.2. The number of nitrogens with zero attached hydrogens (tertiary/aromatic N) is 1. The highest BCUT2D eigenvalue weighted by Crippen LogP contribution is 2.23. The van der Waals surface area contributed by atoms with Crippen molar-refractivity contribution in [1.82, 2.24) is 4.90 Å². The van der Waals surface area contributed by atoms with Gasteiger partial charge in [0.2, 0.25) is 11.8 Å². The van der Waals surface area contributed by atoms with Crippen LogP contribution in [0.1, 0.15) is 52.0 Å². The second-order valence-corrected chi connectivity index (χ2v) is 7.93. The van der Waals surface area contributed by atoms with E-state index in [1.54, 1.807) is 0 Å². The Bertz CT molecular complexity index is 614. The van der Waals surface area contributed by atoms with Crippen molar-refractivity contribution in [3.05, 3.63) is 23.8 Å². The highest BCUT2D eigenvalue weighted by atomic mass is 16.2. The van der Waals surface area contributed by atoms with Crippen LogP contribution in [0.25, 0.3) is 0 Å². The Morgan fingerprint density at radius 2 is 1.80 bits per heavy atom. The monoisotopic (exact) mass is 345 g/mol. The minimum Gasteiger partial charge on any atom is -0.326 e. The molecule has 5 nitrogen and oxygen atoms in total. The van der Waals surface area contributed by atoms with Gasteiger partial charge in [0, 0.05) is 23.2 Å². The highest BCUT2D eigenvalue weighted by molar-refractivity contribution is 5.96. The topological polar surface area (TPSA) is 61.4 Å². The summed E-state index contributed by atoms with van der Waals surface area (Å²) in [6.45, 7) is 10.9. The summed E-state index contributed by atoms with van der Waals surface area (Å²) in [6.07, 6.45) is 4.00. The molecular weight excluding hydrogens is 314 g/mol. The number of hydrogen-bond donors (Lipinski definition) is 2. The third kappa shape index (κ3) is 6.16. The summed E-state index contributed by atoms with van der Waals surface area (Å²) < 4.78 is 0. The van der Waals surface area contributed by atoms with Crippen molar-refractivity contribution >= 4 is 23.2 Å². The lowest BCUT2D eigenvalue weighted by atomic mass is 9.95. The van der Waals surface area contributed by atoms with Gasteiger partial charge in [0.15, 0.2) is 0 Å². The van der Waals surface area contributed by atoms with E-state index in [0.717, 1.165) is 29.9 Å². The lowest BCUT2D eigenvalue weighted by molar-refractivity contribution is -0.123. The summed E-state index contributed by atoms with van der Waals surface area (Å²) in [4.78, 5) is 26.6. The first-order valence-corrected chi connectivity index (χ1v) is 9.20. The van der Waals surface area contributed by atoms with Gasteiger partial charge in [0.05, 0.1) is 0 Å². The van der Waals surface area contributed by atoms with Crippen molar-refractivity contribution in [1.29, 1.82) is 0 Å². The first-order chi connectivity index (χ1) is 11.8. The Labute approximate surface area is 151 Å². The second-order valence-electron chi connectivity index (χ2n) is 7.93. The first-order valence-electron chi connectivity index (χ1n) is 9.20. The molecule has 0 spiro atoms. The average Bonchev–Trinajstić information content (AvgIpc) is 3.02. The number of nitrogens with one attached hydrogen (secondary N) is 2. The second kappa shape index (κ2) is 8.48. The summed E-state index contributed by atoms with van der Waals surface area (Å²) in [6, 6.07) is 5.58. The molecule has 0 saturated carbocycles. The predicted molar refractivity (Wildman–Crippen MR) is 103 cm³/mol. The number of carbonyl (C=O) groups excluding carboxylic acids is 2. The smallest absolute Gasteiger partial charge is 0.229 e. The van der Waals surface area contributed by atoms with Gasteiger partial charge in [-0.3, -0.25) is 9.59 Å². The molecule has 0 bridgehead atoms. The molecule has 0 atom stereocenters. The Morgan fingerprint density at radius 1 is 1.12 bits per heavy atom. The fraction of sp³-hybridized carbons (Fsp3) is 0.600. The summed E-state index contributed by atoms with van der Waals surface area (Å²) in [7, 11) is 0. The van der Waals surface area contributed by atoms with Crippen LogP contribution >= 0.6 is 0 Å². The first kappa shape index (κ1) is 19.4. The molecule has 0 aliphatic carbocycles. The standard InChI is InChI=1S/C20H31N3O2/c1-15-14-16(9-10-17(15)22-19(25)20(2,3)4)21-18(24)8-7-13-23-11-5-6-12-23/h9-10,14H,5-8,11-13H2,1-4H3,(H,21,24)(H,22,25). The molecule has 2 rings (SSSR count). The van der Waals surface area contributed by atoms with Crippen LogP contribution in [0.4, 0.5) is 11.4 Å². The number of anilines is 2. The highest BCUT2D eigenvalue weighted by Gasteiger charge is 2.21. The Morgan fingerprint density at radius 3 is 2.40 bits per heavy atom. The zero-order valence-electron chi connectivity index (χ0n) is 15.9. The number of hydrogen-bond acceptors (Lipinski definition) is 3. The van der Waals surface area contributed by atoms with Crippen LogP contribution in [-0.4, -0.2) is 36.3 Å². The minimum absolute atomic E-state index is 0.0192. The van der Waals surface area contributed by atoms with E-state index < -0.39 is 5.41 Å². The molecule has 2 amide bonds. The molecular formula is C20H31N3O2. The molecule has 5 heteroatoms. The molecule has 138 valence electrons. The van der Waals surface area contributed by atoms with Gasteiger partial charge >= 0.3 is 0 Å². The van der Waals surface area contributed by atoms with E-state index in [0.29, 0.717) is 6.42 Å². The Balaban J connectivity index is 1.82. The van der Waals surface area contributed by atoms with E-state index in [9.17, 15) is 9.59 Å². The van der Waals surface area contributed by atoms with Crippen LogP contribution < -0.4 is 10.6 Å². The maximum atomic E-state index is 12.1. The molecule has 0 aromatic heterocycles. The lowest BCUT2D eigenvalue weighted by Gasteiger charge is -2.19. The van der Waals surface area contributed by atoms with Crippen LogP contribution in [0.5, 0.6) is 0 Å². The Hall–Kier alpha value is -1.88. The number of rotatable bonds is 6. The van der Waals surface area contributed by atoms with Gasteiger partial charge < -0.3 is 15.5 Å². The Kier molecular flexibility index (Phi) is 6.59. The van der Waals surface area contributed by atoms with Gasteiger partial charge in [0.1, 0.15) is 0 Å². The fourth-order valence-electron chi connectivity index (χ4n) is 2.88. The lowest BCUT2D eigenvalue weighted by Crippen LogP contribution is -2.27. The van der Waals surface area contributed by atoms with Gasteiger partial charge in [-0.2, -0.15) is 0 Å². The van der Waals surface area contributed by atoms with Crippen molar-refractivity contribution in [2.45, 2.75) is 53.4 Å². The minimum atomic E-state index is -0.436. The van der Waals surface area contributed by atoms with Crippen molar-refractivity contribution in [3.63, 3.8) is 0 Å². The predicted octanol–water partition coefficient (Wildman–Crippen LogP) is 3.79. The number of benzene rings is 1. The summed E-state index contributed by atoms with van der Waals surface area (Å²) in [5.41, 5.74) is 2.06. The van der Waals surface area contributed by atoms with E-state index in [2.05, 4.69) is 15.5 Å². The number of amides is 2. The molecule has 1 aromatic rings. The molecule has 1 heterocycles. The van der Waals surface area contributed by atoms with E-state index in [4.69, 9.17) is 0 Å². The van der Waals surface area contributed by atoms with Gasteiger partial charge in [-0.05, 0) is 69.6 Å². The van der Waals surface area contributed by atoms with Crippen LogP contribution in [0.15, 0.2) is 18.2 Å². The molecule has 1 fully saturated rings. The van der Waals surface area contributed by atoms with Crippen molar-refractivity contribution < 1.29 is 9.59 Å². The van der Waals surface area contributed by atoms with E-state index in [1.165, 1.54) is 25.9 Å². The van der Waals surface area contributed by atoms with Crippen molar-refractivity contribution in [2.75, 3.05) is 30.3 Å². The zero-order chi connectivity index (χ0) is 18.4. The van der Waals surface area contributed by atoms with Gasteiger partial charge in [0.25, 0.3) is 0 Å². The fourth-order valence-corrected chi connectivity index (χ4v) is 2.88.